The van der Waals surface area contributed by atoms with Crippen molar-refractivity contribution in [3.05, 3.63) is 78.1 Å². The maximum atomic E-state index is 13.0. The van der Waals surface area contributed by atoms with Crippen LogP contribution in [0.25, 0.3) is 22.0 Å². The van der Waals surface area contributed by atoms with Crippen LogP contribution in [-0.4, -0.2) is 39.6 Å². The number of nitrogens with one attached hydrogen (secondary N) is 2. The van der Waals surface area contributed by atoms with Crippen molar-refractivity contribution in [3.8, 4) is 22.9 Å². The molecule has 176 valence electrons. The van der Waals surface area contributed by atoms with Gasteiger partial charge in [0.05, 0.1) is 19.3 Å². The molecule has 0 aliphatic carbocycles. The molecule has 1 atom stereocenters. The van der Waals surface area contributed by atoms with E-state index in [1.807, 2.05) is 0 Å². The molecule has 10 heteroatoms. The summed E-state index contributed by atoms with van der Waals surface area (Å²) < 4.78 is 6.75. The minimum atomic E-state index is -1.46. The third kappa shape index (κ3) is 3.70. The van der Waals surface area contributed by atoms with Crippen molar-refractivity contribution in [2.24, 2.45) is 5.73 Å². The first-order valence-electron chi connectivity index (χ1n) is 10.7. The molecule has 3 heterocycles. The van der Waals surface area contributed by atoms with E-state index in [-0.39, 0.29) is 12.4 Å². The zero-order valence-corrected chi connectivity index (χ0v) is 18.6. The van der Waals surface area contributed by atoms with Gasteiger partial charge in [-0.3, -0.25) is 19.9 Å². The maximum absolute atomic E-state index is 13.0. The minimum Gasteiger partial charge on any atom is -0.497 e. The number of primary amides is 1. The number of ether oxygens (including phenoxy) is 1. The van der Waals surface area contributed by atoms with Crippen LogP contribution in [0.15, 0.2) is 67.0 Å². The average Bonchev–Trinajstić information content (AvgIpc) is 3.33. The van der Waals surface area contributed by atoms with E-state index in [9.17, 15) is 19.5 Å². The van der Waals surface area contributed by atoms with Gasteiger partial charge in [-0.2, -0.15) is 0 Å². The molecule has 1 unspecified atom stereocenters. The Hall–Kier alpha value is -4.86. The van der Waals surface area contributed by atoms with Crippen molar-refractivity contribution in [2.75, 3.05) is 7.11 Å². The lowest BCUT2D eigenvalue weighted by atomic mass is 9.88. The summed E-state index contributed by atoms with van der Waals surface area (Å²) in [4.78, 5) is 41.0. The molecule has 0 spiro atoms. The van der Waals surface area contributed by atoms with Gasteiger partial charge in [-0.05, 0) is 35.9 Å². The fourth-order valence-corrected chi connectivity index (χ4v) is 4.29. The van der Waals surface area contributed by atoms with Gasteiger partial charge in [0.1, 0.15) is 5.75 Å². The van der Waals surface area contributed by atoms with E-state index in [4.69, 9.17) is 10.5 Å². The van der Waals surface area contributed by atoms with Crippen LogP contribution in [0.1, 0.15) is 15.9 Å². The summed E-state index contributed by atoms with van der Waals surface area (Å²) >= 11 is 0. The molecule has 2 aromatic heterocycles. The van der Waals surface area contributed by atoms with Crippen molar-refractivity contribution in [1.82, 2.24) is 20.2 Å². The van der Waals surface area contributed by atoms with Gasteiger partial charge >= 0.3 is 6.03 Å². The molecule has 5 rings (SSSR count). The van der Waals surface area contributed by atoms with E-state index in [0.717, 1.165) is 5.39 Å². The second kappa shape index (κ2) is 8.17. The van der Waals surface area contributed by atoms with Gasteiger partial charge in [-0.1, -0.05) is 24.3 Å². The first kappa shape index (κ1) is 22.0. The van der Waals surface area contributed by atoms with Crippen LogP contribution in [0, 0.1) is 0 Å². The van der Waals surface area contributed by atoms with Crippen LogP contribution in [0.5, 0.6) is 11.6 Å². The highest BCUT2D eigenvalue weighted by Crippen LogP contribution is 2.35. The normalized spacial score (nSPS) is 17.3. The van der Waals surface area contributed by atoms with Crippen LogP contribution in [0.3, 0.4) is 0 Å². The van der Waals surface area contributed by atoms with E-state index in [0.29, 0.717) is 33.5 Å². The van der Waals surface area contributed by atoms with Crippen molar-refractivity contribution in [1.29, 1.82) is 0 Å². The summed E-state index contributed by atoms with van der Waals surface area (Å²) in [5, 5.41) is 17.2. The van der Waals surface area contributed by atoms with Gasteiger partial charge in [0.2, 0.25) is 5.91 Å². The zero-order valence-electron chi connectivity index (χ0n) is 18.6. The Morgan fingerprint density at radius 3 is 2.57 bits per heavy atom. The molecule has 4 aromatic rings. The zero-order chi connectivity index (χ0) is 24.7. The first-order valence-corrected chi connectivity index (χ1v) is 10.7. The lowest BCUT2D eigenvalue weighted by molar-refractivity contribution is -0.124. The number of aromatic nitrogens is 2. The smallest absolute Gasteiger partial charge is 0.322 e. The Bertz CT molecular complexity index is 1490. The number of aromatic hydroxyl groups is 1. The Morgan fingerprint density at radius 1 is 1.14 bits per heavy atom. The number of methoxy groups -OCH3 is 1. The molecule has 4 amide bonds. The van der Waals surface area contributed by atoms with Crippen LogP contribution in [-0.2, 0) is 16.9 Å². The number of carbonyl (C=O) groups excluding carboxylic acids is 3. The SMILES string of the molecule is COc1ccc2cn(CC3(c4ccc(-c5cc(C(N)=O)ccn5)cc4)NC(=O)NC3=O)c(O)c2c1. The number of hydrogen-bond donors (Lipinski definition) is 4. The monoisotopic (exact) mass is 471 g/mol. The second-order valence-electron chi connectivity index (χ2n) is 8.22. The number of hydrogen-bond acceptors (Lipinski definition) is 6. The van der Waals surface area contributed by atoms with Gasteiger partial charge < -0.3 is 25.5 Å². The summed E-state index contributed by atoms with van der Waals surface area (Å²) in [6.07, 6.45) is 3.20. The van der Waals surface area contributed by atoms with Crippen LogP contribution in [0.4, 0.5) is 4.79 Å². The summed E-state index contributed by atoms with van der Waals surface area (Å²) in [6, 6.07) is 14.6. The van der Waals surface area contributed by atoms with E-state index >= 15 is 0 Å². The predicted molar refractivity (Wildman–Crippen MR) is 127 cm³/mol. The number of nitrogens with zero attached hydrogens (tertiary/aromatic N) is 2. The van der Waals surface area contributed by atoms with E-state index in [2.05, 4.69) is 15.6 Å². The quantitative estimate of drug-likeness (QED) is 0.317. The maximum Gasteiger partial charge on any atom is 0.322 e. The molecule has 2 aromatic carbocycles. The third-order valence-corrected chi connectivity index (χ3v) is 6.14. The number of carbonyl (C=O) groups is 3. The molecule has 0 saturated carbocycles. The predicted octanol–water partition coefficient (Wildman–Crippen LogP) is 2.25. The van der Waals surface area contributed by atoms with Gasteiger partial charge in [0.25, 0.3) is 5.91 Å². The molecule has 0 radical (unpaired) electrons. The molecule has 10 nitrogen and oxygen atoms in total. The number of benzene rings is 2. The molecule has 5 N–H and O–H groups in total. The van der Waals surface area contributed by atoms with Gasteiger partial charge in [-0.25, -0.2) is 4.79 Å². The van der Waals surface area contributed by atoms with Crippen molar-refractivity contribution < 1.29 is 24.2 Å². The standard InChI is InChI=1S/C25H21N5O5/c1-35-18-7-4-16-12-30(22(32)19(16)11-18)13-25(23(33)28-24(34)29-25)17-5-2-14(3-6-17)20-10-15(21(26)31)8-9-27-20/h2-12,32H,13H2,1H3,(H2,26,31)(H2,28,29,33,34). The fraction of sp³-hybridized carbons (Fsp3) is 0.120. The van der Waals surface area contributed by atoms with Crippen molar-refractivity contribution in [3.63, 3.8) is 0 Å². The lowest BCUT2D eigenvalue weighted by Crippen LogP contribution is -2.47. The number of urea groups is 1. The number of imide groups is 1. The third-order valence-electron chi connectivity index (χ3n) is 6.14. The van der Waals surface area contributed by atoms with Crippen LogP contribution in [0.2, 0.25) is 0 Å². The lowest BCUT2D eigenvalue weighted by Gasteiger charge is -2.27. The Morgan fingerprint density at radius 2 is 1.91 bits per heavy atom. The van der Waals surface area contributed by atoms with Crippen molar-refractivity contribution >= 4 is 28.6 Å². The Balaban J connectivity index is 1.54. The summed E-state index contributed by atoms with van der Waals surface area (Å²) in [5.41, 5.74) is 5.95. The fourth-order valence-electron chi connectivity index (χ4n) is 4.29. The van der Waals surface area contributed by atoms with E-state index in [1.54, 1.807) is 54.7 Å². The van der Waals surface area contributed by atoms with Gasteiger partial charge in [-0.15, -0.1) is 0 Å². The largest absolute Gasteiger partial charge is 0.497 e. The number of rotatable bonds is 6. The van der Waals surface area contributed by atoms with Crippen LogP contribution >= 0.6 is 0 Å². The van der Waals surface area contributed by atoms with E-state index < -0.39 is 23.4 Å². The molecular weight excluding hydrogens is 450 g/mol. The van der Waals surface area contributed by atoms with E-state index in [1.165, 1.54) is 23.9 Å². The number of fused-ring (bicyclic) bond motifs is 1. The van der Waals surface area contributed by atoms with Crippen molar-refractivity contribution in [2.45, 2.75) is 12.1 Å². The summed E-state index contributed by atoms with van der Waals surface area (Å²) in [5.74, 6) is -0.585. The second-order valence-corrected chi connectivity index (χ2v) is 8.22. The Labute approximate surface area is 199 Å². The number of nitrogens with two attached hydrogens (primary N) is 1. The highest BCUT2D eigenvalue weighted by atomic mass is 16.5. The molecule has 1 aliphatic rings. The molecule has 35 heavy (non-hydrogen) atoms. The number of pyridine rings is 1. The van der Waals surface area contributed by atoms with Crippen LogP contribution < -0.4 is 21.1 Å². The molecule has 0 bridgehead atoms. The Kier molecular flexibility index (Phi) is 5.13. The molecule has 1 saturated heterocycles. The number of amides is 4. The highest BCUT2D eigenvalue weighted by Gasteiger charge is 2.48. The molecular formula is C25H21N5O5. The minimum absolute atomic E-state index is 0.0534. The topological polar surface area (TPSA) is 149 Å². The molecule has 1 fully saturated rings. The van der Waals surface area contributed by atoms with Gasteiger partial charge in [0, 0.05) is 34.3 Å². The first-order chi connectivity index (χ1) is 16.8. The summed E-state index contributed by atoms with van der Waals surface area (Å²) in [6.45, 7) is -0.0534. The average molecular weight is 471 g/mol. The summed E-state index contributed by atoms with van der Waals surface area (Å²) in [7, 11) is 1.53. The molecule has 1 aliphatic heterocycles. The highest BCUT2D eigenvalue weighted by molar-refractivity contribution is 6.07. The van der Waals surface area contributed by atoms with Gasteiger partial charge in [0.15, 0.2) is 11.4 Å².